The molecule has 2 aromatic heterocycles. The molecule has 5 nitrogen and oxygen atoms in total. The smallest absolute Gasteiger partial charge is 0.266 e. The van der Waals surface area contributed by atoms with Crippen LogP contribution in [0.15, 0.2) is 21.8 Å². The zero-order chi connectivity index (χ0) is 11.9. The molecule has 2 rings (SSSR count). The summed E-state index contributed by atoms with van der Waals surface area (Å²) in [5.41, 5.74) is 0.889. The van der Waals surface area contributed by atoms with Gasteiger partial charge in [0.25, 0.3) is 5.56 Å². The number of ether oxygens (including phenoxy) is 1. The third kappa shape index (κ3) is 2.37. The summed E-state index contributed by atoms with van der Waals surface area (Å²) in [6, 6.07) is 0. The Morgan fingerprint density at radius 2 is 2.24 bits per heavy atom. The van der Waals surface area contributed by atoms with E-state index in [1.807, 2.05) is 0 Å². The minimum atomic E-state index is -0.154. The molecule has 0 aliphatic carbocycles. The van der Waals surface area contributed by atoms with Crippen molar-refractivity contribution >= 4 is 27.3 Å². The van der Waals surface area contributed by atoms with Crippen LogP contribution in [0.25, 0.3) is 11.4 Å². The number of aromatic nitrogens is 3. The van der Waals surface area contributed by atoms with Gasteiger partial charge in [0, 0.05) is 44.4 Å². The van der Waals surface area contributed by atoms with Gasteiger partial charge >= 0.3 is 0 Å². The van der Waals surface area contributed by atoms with Gasteiger partial charge in [-0.2, -0.15) is 0 Å². The largest absolute Gasteiger partial charge is 0.533 e. The normalized spacial score (nSPS) is 10.1. The predicted octanol–water partition coefficient (Wildman–Crippen LogP) is 1.22. The van der Waals surface area contributed by atoms with Crippen molar-refractivity contribution in [2.45, 2.75) is 0 Å². The molecule has 0 saturated carbocycles. The molecule has 0 amide bonds. The van der Waals surface area contributed by atoms with Crippen LogP contribution in [0.5, 0.6) is 0 Å². The van der Waals surface area contributed by atoms with E-state index in [9.17, 15) is 4.79 Å². The number of methoxy groups -OCH3 is 1. The van der Waals surface area contributed by atoms with Gasteiger partial charge in [-0.25, -0.2) is 6.58 Å². The Labute approximate surface area is 130 Å². The quantitative estimate of drug-likeness (QED) is 0.442. The summed E-state index contributed by atoms with van der Waals surface area (Å²) < 4.78 is 8.54. The second-order valence-electron chi connectivity index (χ2n) is 3.23. The molecule has 2 aromatic rings. The zero-order valence-electron chi connectivity index (χ0n) is 9.27. The first-order valence-electron chi connectivity index (χ1n) is 4.45. The third-order valence-corrected chi connectivity index (χ3v) is 2.84. The van der Waals surface area contributed by atoms with Gasteiger partial charge in [0.2, 0.25) is 0 Å². The Bertz CT molecular complexity index is 632. The molecule has 17 heavy (non-hydrogen) atoms. The van der Waals surface area contributed by atoms with Gasteiger partial charge < -0.3 is 18.7 Å². The molecule has 7 heteroatoms. The number of fused-ring (bicyclic) bond motifs is 1. The van der Waals surface area contributed by atoms with E-state index in [1.54, 1.807) is 24.0 Å². The Kier molecular flexibility index (Phi) is 4.64. The van der Waals surface area contributed by atoms with Crippen molar-refractivity contribution in [3.05, 3.63) is 39.6 Å². The number of nitrogens with zero attached hydrogens (tertiary/aromatic N) is 3. The van der Waals surface area contributed by atoms with Crippen molar-refractivity contribution < 1.29 is 35.9 Å². The molecule has 0 spiro atoms. The zero-order valence-corrected chi connectivity index (χ0v) is 15.0. The number of hydrogen-bond donors (Lipinski definition) is 0. The molecule has 0 N–H and O–H groups in total. The van der Waals surface area contributed by atoms with Crippen molar-refractivity contribution in [2.75, 3.05) is 7.11 Å². The van der Waals surface area contributed by atoms with E-state index < -0.39 is 0 Å². The molecule has 0 atom stereocenters. The first kappa shape index (κ1) is 14.6. The van der Waals surface area contributed by atoms with Gasteiger partial charge in [-0.1, -0.05) is 0 Å². The Balaban J connectivity index is 0.00000144. The summed E-state index contributed by atoms with van der Waals surface area (Å²) in [5, 5.41) is 0. The van der Waals surface area contributed by atoms with Crippen LogP contribution < -0.4 is 5.56 Å². The Hall–Kier alpha value is -0.508. The van der Waals surface area contributed by atoms with Crippen LogP contribution in [0.4, 0.5) is 0 Å². The van der Waals surface area contributed by atoms with Crippen LogP contribution in [0.1, 0.15) is 5.69 Å². The van der Waals surface area contributed by atoms with Crippen molar-refractivity contribution in [1.29, 1.82) is 0 Å². The van der Waals surface area contributed by atoms with E-state index in [-0.39, 0.29) is 42.4 Å². The minimum Gasteiger partial charge on any atom is -0.533 e. The number of rotatable bonds is 2. The van der Waals surface area contributed by atoms with Crippen molar-refractivity contribution in [1.82, 2.24) is 14.0 Å². The molecule has 0 aliphatic heterocycles. The molecule has 88 valence electrons. The molecule has 0 saturated heterocycles. The summed E-state index contributed by atoms with van der Waals surface area (Å²) in [6.45, 7) is 5.65. The monoisotopic (exact) mass is 520 g/mol. The van der Waals surface area contributed by atoms with Gasteiger partial charge in [-0.05, 0) is 27.4 Å². The van der Waals surface area contributed by atoms with Crippen LogP contribution >= 0.6 is 15.9 Å². The fraction of sp³-hybridized carbons (Fsp3) is 0.200. The van der Waals surface area contributed by atoms with Crippen LogP contribution in [0, 0.1) is 37.7 Å². The van der Waals surface area contributed by atoms with Crippen LogP contribution in [-0.4, -0.2) is 21.1 Å². The van der Waals surface area contributed by atoms with Gasteiger partial charge in [0.05, 0.1) is 23.6 Å². The number of halogens is 1. The van der Waals surface area contributed by atoms with Gasteiger partial charge in [0.15, 0.2) is 0 Å². The molecule has 0 fully saturated rings. The van der Waals surface area contributed by atoms with E-state index in [1.165, 1.54) is 11.7 Å². The summed E-state index contributed by atoms with van der Waals surface area (Å²) in [5.74, 6) is 0.180. The van der Waals surface area contributed by atoms with Gasteiger partial charge in [-0.3, -0.25) is 4.79 Å². The van der Waals surface area contributed by atoms with Crippen LogP contribution in [-0.2, 0) is 11.8 Å². The third-order valence-electron chi connectivity index (χ3n) is 2.30. The second kappa shape index (κ2) is 5.42. The van der Waals surface area contributed by atoms with Crippen LogP contribution in [0.2, 0.25) is 0 Å². The van der Waals surface area contributed by atoms with Crippen LogP contribution in [0.3, 0.4) is 0 Å². The average Bonchev–Trinajstić information content (AvgIpc) is 2.68. The maximum atomic E-state index is 11.7. The summed E-state index contributed by atoms with van der Waals surface area (Å²) >= 11 is 3.18. The van der Waals surface area contributed by atoms with Gasteiger partial charge in [-0.15, -0.1) is 0 Å². The van der Waals surface area contributed by atoms with E-state index in [4.69, 9.17) is 11.3 Å². The summed E-state index contributed by atoms with van der Waals surface area (Å²) in [7, 11) is 3.11. The van der Waals surface area contributed by atoms with Crippen molar-refractivity contribution in [2.24, 2.45) is 7.05 Å². The predicted molar refractivity (Wildman–Crippen MR) is 62.8 cm³/mol. The Morgan fingerprint density at radius 1 is 1.59 bits per heavy atom. The first-order chi connectivity index (χ1) is 7.56. The number of aryl methyl sites for hydroxylation is 1. The first-order valence-corrected chi connectivity index (χ1v) is 5.24. The molecular weight excluding hydrogens is 512 g/mol. The fourth-order valence-corrected chi connectivity index (χ4v) is 1.97. The number of imidazole rings is 1. The van der Waals surface area contributed by atoms with Crippen molar-refractivity contribution in [3.63, 3.8) is 0 Å². The molecule has 0 radical (unpaired) electrons. The summed E-state index contributed by atoms with van der Waals surface area (Å²) in [6.07, 6.45) is 3.21. The molecule has 0 bridgehead atoms. The maximum absolute atomic E-state index is 11.7. The standard InChI is InChI=1S/C10H9BrN3O2.U/c1-6(16-3)8-9-13(2)10(15)7(11)4-14(9)5-12-8;/h1,4-5H,2-3H3;/q-1;. The minimum absolute atomic E-state index is 0. The topological polar surface area (TPSA) is 48.5 Å². The molecule has 0 unspecified atom stereocenters. The maximum Gasteiger partial charge on any atom is 0.266 e. The summed E-state index contributed by atoms with van der Waals surface area (Å²) in [4.78, 5) is 15.8. The molecule has 0 aliphatic rings. The van der Waals surface area contributed by atoms with E-state index in [0.29, 0.717) is 15.8 Å². The van der Waals surface area contributed by atoms with Gasteiger partial charge in [0.1, 0.15) is 0 Å². The van der Waals surface area contributed by atoms with E-state index >= 15 is 0 Å². The second-order valence-corrected chi connectivity index (χ2v) is 4.09. The van der Waals surface area contributed by atoms with Crippen molar-refractivity contribution in [3.8, 4) is 0 Å². The fourth-order valence-electron chi connectivity index (χ4n) is 1.49. The van der Waals surface area contributed by atoms with E-state index in [2.05, 4.69) is 20.9 Å². The molecule has 2 heterocycles. The average molecular weight is 521 g/mol. The Morgan fingerprint density at radius 3 is 2.82 bits per heavy atom. The SMILES string of the molecule is [CH-]=C(OC)c1ncn2cc(Br)c(=O)n(C)c12.[U]. The molecule has 0 aromatic carbocycles. The number of hydrogen-bond acceptors (Lipinski definition) is 3. The molecular formula is C10H9BrN3O2U-. The van der Waals surface area contributed by atoms with E-state index in [0.717, 1.165) is 0 Å².